The van der Waals surface area contributed by atoms with Gasteiger partial charge >= 0.3 is 6.18 Å². The molecule has 0 spiro atoms. The van der Waals surface area contributed by atoms with Gasteiger partial charge in [0.25, 0.3) is 0 Å². The second-order valence-electron chi connectivity index (χ2n) is 5.52. The molecule has 1 heterocycles. The molecule has 1 fully saturated rings. The predicted molar refractivity (Wildman–Crippen MR) is 73.5 cm³/mol. The number of hydrogen-bond donors (Lipinski definition) is 2. The van der Waals surface area contributed by atoms with Gasteiger partial charge in [0.2, 0.25) is 5.91 Å². The molecule has 1 saturated heterocycles. The van der Waals surface area contributed by atoms with Gasteiger partial charge < -0.3 is 10.6 Å². The summed E-state index contributed by atoms with van der Waals surface area (Å²) in [7, 11) is 0. The average Bonchev–Trinajstić information content (AvgIpc) is 2.35. The first kappa shape index (κ1) is 15.8. The summed E-state index contributed by atoms with van der Waals surface area (Å²) >= 11 is 0. The molecule has 1 aliphatic rings. The van der Waals surface area contributed by atoms with E-state index in [2.05, 4.69) is 10.6 Å². The Balaban J connectivity index is 2.09. The summed E-state index contributed by atoms with van der Waals surface area (Å²) in [5.74, 6) is -0.146. The van der Waals surface area contributed by atoms with Gasteiger partial charge in [0, 0.05) is 5.92 Å². The van der Waals surface area contributed by atoms with Gasteiger partial charge in [0.15, 0.2) is 0 Å². The van der Waals surface area contributed by atoms with Crippen LogP contribution in [0, 0.1) is 11.8 Å². The predicted octanol–water partition coefficient (Wildman–Crippen LogP) is 2.74. The van der Waals surface area contributed by atoms with E-state index in [1.807, 2.05) is 6.92 Å². The Hall–Kier alpha value is -1.56. The van der Waals surface area contributed by atoms with Gasteiger partial charge in [0.05, 0.1) is 11.6 Å². The Bertz CT molecular complexity index is 512. The Morgan fingerprint density at radius 1 is 1.29 bits per heavy atom. The second kappa shape index (κ2) is 6.05. The molecule has 0 bridgehead atoms. The van der Waals surface area contributed by atoms with Gasteiger partial charge in [-0.3, -0.25) is 4.79 Å². The lowest BCUT2D eigenvalue weighted by atomic mass is 9.88. The van der Waals surface area contributed by atoms with Crippen LogP contribution in [0.5, 0.6) is 0 Å². The Morgan fingerprint density at radius 2 is 1.90 bits per heavy atom. The van der Waals surface area contributed by atoms with Gasteiger partial charge in [-0.2, -0.15) is 13.2 Å². The molecule has 0 aromatic heterocycles. The molecule has 21 heavy (non-hydrogen) atoms. The van der Waals surface area contributed by atoms with E-state index in [1.165, 1.54) is 12.1 Å². The number of hydrogen-bond acceptors (Lipinski definition) is 2. The third-order valence-corrected chi connectivity index (χ3v) is 4.03. The molecule has 0 radical (unpaired) electrons. The van der Waals surface area contributed by atoms with Crippen LogP contribution in [0.15, 0.2) is 24.3 Å². The first-order chi connectivity index (χ1) is 9.80. The van der Waals surface area contributed by atoms with E-state index >= 15 is 0 Å². The minimum absolute atomic E-state index is 0.0947. The first-order valence-electron chi connectivity index (χ1n) is 6.98. The highest BCUT2D eigenvalue weighted by Crippen LogP contribution is 2.34. The minimum atomic E-state index is -4.42. The highest BCUT2D eigenvalue weighted by molar-refractivity contribution is 5.79. The van der Waals surface area contributed by atoms with Gasteiger partial charge in [-0.25, -0.2) is 0 Å². The van der Waals surface area contributed by atoms with Crippen LogP contribution >= 0.6 is 0 Å². The number of amides is 1. The number of halogens is 3. The topological polar surface area (TPSA) is 41.1 Å². The monoisotopic (exact) mass is 300 g/mol. The summed E-state index contributed by atoms with van der Waals surface area (Å²) in [6, 6.07) is 4.67. The van der Waals surface area contributed by atoms with E-state index < -0.39 is 17.8 Å². The molecule has 0 aliphatic carbocycles. The lowest BCUT2D eigenvalue weighted by Gasteiger charge is -2.32. The van der Waals surface area contributed by atoms with Crippen LogP contribution in [0.3, 0.4) is 0 Å². The van der Waals surface area contributed by atoms with Crippen molar-refractivity contribution in [1.29, 1.82) is 0 Å². The Kier molecular flexibility index (Phi) is 4.56. The van der Waals surface area contributed by atoms with Crippen LogP contribution in [0.4, 0.5) is 13.2 Å². The van der Waals surface area contributed by atoms with Crippen LogP contribution in [0.25, 0.3) is 0 Å². The van der Waals surface area contributed by atoms with Gasteiger partial charge in [-0.05, 0) is 37.6 Å². The van der Waals surface area contributed by atoms with Crippen molar-refractivity contribution in [2.45, 2.75) is 26.1 Å². The Labute approximate surface area is 121 Å². The van der Waals surface area contributed by atoms with Crippen molar-refractivity contribution in [1.82, 2.24) is 10.6 Å². The first-order valence-corrected chi connectivity index (χ1v) is 6.98. The average molecular weight is 300 g/mol. The standard InChI is InChI=1S/C15H19F3N2O/c1-9(11-7-19-8-11)14(21)20-10(2)12-5-3-4-6-13(12)15(16,17)18/h3-6,9-11,19H,7-8H2,1-2H3,(H,20,21). The van der Waals surface area contributed by atoms with E-state index in [9.17, 15) is 18.0 Å². The quantitative estimate of drug-likeness (QED) is 0.897. The maximum absolute atomic E-state index is 13.0. The number of benzene rings is 1. The molecule has 1 aromatic rings. The van der Waals surface area contributed by atoms with Crippen LogP contribution in [0.2, 0.25) is 0 Å². The maximum atomic E-state index is 13.0. The molecule has 3 nitrogen and oxygen atoms in total. The highest BCUT2D eigenvalue weighted by Gasteiger charge is 2.35. The largest absolute Gasteiger partial charge is 0.416 e. The third kappa shape index (κ3) is 3.56. The molecule has 1 aromatic carbocycles. The van der Waals surface area contributed by atoms with E-state index in [1.54, 1.807) is 13.0 Å². The maximum Gasteiger partial charge on any atom is 0.416 e. The van der Waals surface area contributed by atoms with E-state index in [0.717, 1.165) is 19.2 Å². The fourth-order valence-electron chi connectivity index (χ4n) is 2.43. The molecular weight excluding hydrogens is 281 g/mol. The molecule has 116 valence electrons. The number of rotatable bonds is 4. The number of carbonyl (C=O) groups is 1. The molecule has 1 amide bonds. The highest BCUT2D eigenvalue weighted by atomic mass is 19.4. The number of carbonyl (C=O) groups excluding carboxylic acids is 1. The van der Waals surface area contributed by atoms with Crippen molar-refractivity contribution in [3.05, 3.63) is 35.4 Å². The van der Waals surface area contributed by atoms with Gasteiger partial charge in [0.1, 0.15) is 0 Å². The third-order valence-electron chi connectivity index (χ3n) is 4.03. The lowest BCUT2D eigenvalue weighted by Crippen LogP contribution is -2.49. The molecule has 1 aliphatic heterocycles. The summed E-state index contributed by atoms with van der Waals surface area (Å²) in [5, 5.41) is 5.77. The minimum Gasteiger partial charge on any atom is -0.349 e. The molecule has 2 unspecified atom stereocenters. The number of alkyl halides is 3. The second-order valence-corrected chi connectivity index (χ2v) is 5.52. The van der Waals surface area contributed by atoms with E-state index in [0.29, 0.717) is 0 Å². The van der Waals surface area contributed by atoms with E-state index in [-0.39, 0.29) is 23.3 Å². The van der Waals surface area contributed by atoms with E-state index in [4.69, 9.17) is 0 Å². The summed E-state index contributed by atoms with van der Waals surface area (Å²) in [4.78, 5) is 12.1. The van der Waals surface area contributed by atoms with Gasteiger partial charge in [-0.1, -0.05) is 25.1 Å². The van der Waals surface area contributed by atoms with Crippen molar-refractivity contribution >= 4 is 5.91 Å². The van der Waals surface area contributed by atoms with Crippen molar-refractivity contribution < 1.29 is 18.0 Å². The van der Waals surface area contributed by atoms with Crippen LogP contribution in [-0.2, 0) is 11.0 Å². The Morgan fingerprint density at radius 3 is 2.43 bits per heavy atom. The van der Waals surface area contributed by atoms with Crippen molar-refractivity contribution in [2.75, 3.05) is 13.1 Å². The molecule has 6 heteroatoms. The fourth-order valence-corrected chi connectivity index (χ4v) is 2.43. The van der Waals surface area contributed by atoms with Gasteiger partial charge in [-0.15, -0.1) is 0 Å². The zero-order valence-corrected chi connectivity index (χ0v) is 12.0. The summed E-state index contributed by atoms with van der Waals surface area (Å²) in [6.45, 7) is 4.95. The molecule has 0 saturated carbocycles. The summed E-state index contributed by atoms with van der Waals surface area (Å²) in [5.41, 5.74) is -0.604. The zero-order valence-electron chi connectivity index (χ0n) is 12.0. The van der Waals surface area contributed by atoms with Crippen LogP contribution in [-0.4, -0.2) is 19.0 Å². The zero-order chi connectivity index (χ0) is 15.6. The normalized spacial score (nSPS) is 18.7. The molecular formula is C15H19F3N2O. The molecule has 2 rings (SSSR count). The summed E-state index contributed by atoms with van der Waals surface area (Å²) in [6.07, 6.45) is -4.42. The SMILES string of the molecule is CC(NC(=O)C(C)C1CNC1)c1ccccc1C(F)(F)F. The lowest BCUT2D eigenvalue weighted by molar-refractivity contribution is -0.139. The van der Waals surface area contributed by atoms with Crippen LogP contribution in [0.1, 0.15) is 31.0 Å². The molecule has 2 N–H and O–H groups in total. The summed E-state index contributed by atoms with van der Waals surface area (Å²) < 4.78 is 38.9. The van der Waals surface area contributed by atoms with Crippen molar-refractivity contribution in [2.24, 2.45) is 11.8 Å². The smallest absolute Gasteiger partial charge is 0.349 e. The number of nitrogens with one attached hydrogen (secondary N) is 2. The van der Waals surface area contributed by atoms with Crippen molar-refractivity contribution in [3.63, 3.8) is 0 Å². The van der Waals surface area contributed by atoms with Crippen LogP contribution < -0.4 is 10.6 Å². The van der Waals surface area contributed by atoms with Crippen molar-refractivity contribution in [3.8, 4) is 0 Å². The molecule has 2 atom stereocenters. The fraction of sp³-hybridized carbons (Fsp3) is 0.533.